The first-order valence-corrected chi connectivity index (χ1v) is 5.91. The van der Waals surface area contributed by atoms with Gasteiger partial charge in [0.05, 0.1) is 0 Å². The molecule has 0 aliphatic heterocycles. The summed E-state index contributed by atoms with van der Waals surface area (Å²) >= 11 is 5.54. The molecule has 0 aliphatic rings. The normalized spacial score (nSPS) is 8.81. The summed E-state index contributed by atoms with van der Waals surface area (Å²) in [4.78, 5) is 0. The summed E-state index contributed by atoms with van der Waals surface area (Å²) in [6.45, 7) is 8.81. The standard InChI is InChI=1S/C8H9Cl.C6H11N/c9-7-6-8-4-2-1-3-5-8;1-3-5-7-6-4-2/h1-5H,6-7H2;3-4,7H,1-2,5-6H2. The second-order valence-corrected chi connectivity index (χ2v) is 3.54. The fourth-order valence-electron chi connectivity index (χ4n) is 1.04. The zero-order valence-corrected chi connectivity index (χ0v) is 10.4. The molecule has 2 heteroatoms. The predicted octanol–water partition coefficient (Wildman–Crippen LogP) is 3.42. The lowest BCUT2D eigenvalue weighted by atomic mass is 10.2. The predicted molar refractivity (Wildman–Crippen MR) is 74.1 cm³/mol. The first-order valence-electron chi connectivity index (χ1n) is 5.37. The van der Waals surface area contributed by atoms with Crippen molar-refractivity contribution in [1.82, 2.24) is 5.32 Å². The zero-order chi connectivity index (χ0) is 12.1. The highest BCUT2D eigenvalue weighted by Gasteiger charge is 1.85. The molecule has 0 saturated carbocycles. The summed E-state index contributed by atoms with van der Waals surface area (Å²) in [5.74, 6) is 0.712. The summed E-state index contributed by atoms with van der Waals surface area (Å²) in [5, 5.41) is 3.05. The highest BCUT2D eigenvalue weighted by molar-refractivity contribution is 6.17. The van der Waals surface area contributed by atoms with E-state index in [4.69, 9.17) is 11.6 Å². The monoisotopic (exact) mass is 237 g/mol. The van der Waals surface area contributed by atoms with Crippen LogP contribution in [-0.4, -0.2) is 19.0 Å². The van der Waals surface area contributed by atoms with Crippen molar-refractivity contribution < 1.29 is 0 Å². The van der Waals surface area contributed by atoms with Crippen LogP contribution in [0.5, 0.6) is 0 Å². The quantitative estimate of drug-likeness (QED) is 0.454. The van der Waals surface area contributed by atoms with E-state index in [9.17, 15) is 0 Å². The molecule has 1 rings (SSSR count). The van der Waals surface area contributed by atoms with Crippen LogP contribution in [-0.2, 0) is 6.42 Å². The van der Waals surface area contributed by atoms with E-state index in [0.29, 0.717) is 5.88 Å². The highest BCUT2D eigenvalue weighted by Crippen LogP contribution is 1.99. The van der Waals surface area contributed by atoms with Gasteiger partial charge < -0.3 is 5.32 Å². The Balaban J connectivity index is 0.000000293. The smallest absolute Gasteiger partial charge is 0.0263 e. The lowest BCUT2D eigenvalue weighted by Gasteiger charge is -1.92. The molecule has 0 atom stereocenters. The van der Waals surface area contributed by atoms with E-state index in [1.54, 1.807) is 0 Å². The third kappa shape index (κ3) is 9.50. The van der Waals surface area contributed by atoms with Gasteiger partial charge in [-0.15, -0.1) is 24.8 Å². The lowest BCUT2D eigenvalue weighted by molar-refractivity contribution is 0.845. The van der Waals surface area contributed by atoms with Crippen LogP contribution in [0.3, 0.4) is 0 Å². The molecule has 0 bridgehead atoms. The number of alkyl halides is 1. The van der Waals surface area contributed by atoms with Gasteiger partial charge in [-0.05, 0) is 12.0 Å². The molecule has 0 radical (unpaired) electrons. The van der Waals surface area contributed by atoms with Gasteiger partial charge in [0, 0.05) is 19.0 Å². The average Bonchev–Trinajstić information content (AvgIpc) is 2.32. The molecule has 1 nitrogen and oxygen atoms in total. The SMILES string of the molecule is C=CCNCC=C.ClCCc1ccccc1. The van der Waals surface area contributed by atoms with Crippen molar-refractivity contribution in [2.45, 2.75) is 6.42 Å². The number of hydrogen-bond acceptors (Lipinski definition) is 1. The van der Waals surface area contributed by atoms with Crippen LogP contribution in [0.2, 0.25) is 0 Å². The van der Waals surface area contributed by atoms with Crippen LogP contribution in [0.25, 0.3) is 0 Å². The number of nitrogens with one attached hydrogen (secondary N) is 1. The van der Waals surface area contributed by atoms with E-state index in [1.807, 2.05) is 30.4 Å². The van der Waals surface area contributed by atoms with Gasteiger partial charge in [0.25, 0.3) is 0 Å². The Labute approximate surface area is 104 Å². The van der Waals surface area contributed by atoms with Crippen molar-refractivity contribution in [1.29, 1.82) is 0 Å². The van der Waals surface area contributed by atoms with Crippen molar-refractivity contribution in [3.05, 3.63) is 61.2 Å². The van der Waals surface area contributed by atoms with E-state index < -0.39 is 0 Å². The minimum atomic E-state index is 0.712. The molecule has 0 fully saturated rings. The van der Waals surface area contributed by atoms with Gasteiger partial charge in [-0.3, -0.25) is 0 Å². The molecule has 0 amide bonds. The Morgan fingerprint density at radius 3 is 2.06 bits per heavy atom. The van der Waals surface area contributed by atoms with Gasteiger partial charge in [0.1, 0.15) is 0 Å². The Morgan fingerprint density at radius 2 is 1.62 bits per heavy atom. The molecular weight excluding hydrogens is 218 g/mol. The summed E-state index contributed by atoms with van der Waals surface area (Å²) < 4.78 is 0. The Hall–Kier alpha value is -1.05. The largest absolute Gasteiger partial charge is 0.310 e. The molecule has 0 saturated heterocycles. The maximum Gasteiger partial charge on any atom is 0.0263 e. The molecule has 88 valence electrons. The van der Waals surface area contributed by atoms with Crippen molar-refractivity contribution in [3.8, 4) is 0 Å². The molecule has 0 heterocycles. The molecule has 0 aromatic heterocycles. The van der Waals surface area contributed by atoms with E-state index in [0.717, 1.165) is 19.5 Å². The van der Waals surface area contributed by atoms with Crippen molar-refractivity contribution in [2.75, 3.05) is 19.0 Å². The van der Waals surface area contributed by atoms with Gasteiger partial charge in [-0.25, -0.2) is 0 Å². The van der Waals surface area contributed by atoms with Crippen LogP contribution >= 0.6 is 11.6 Å². The van der Waals surface area contributed by atoms with E-state index >= 15 is 0 Å². The van der Waals surface area contributed by atoms with Gasteiger partial charge in [-0.2, -0.15) is 0 Å². The van der Waals surface area contributed by atoms with Crippen molar-refractivity contribution >= 4 is 11.6 Å². The first-order chi connectivity index (χ1) is 7.85. The van der Waals surface area contributed by atoms with E-state index in [-0.39, 0.29) is 0 Å². The van der Waals surface area contributed by atoms with E-state index in [1.165, 1.54) is 5.56 Å². The van der Waals surface area contributed by atoms with Crippen LogP contribution in [0.4, 0.5) is 0 Å². The molecule has 1 N–H and O–H groups in total. The van der Waals surface area contributed by atoms with Gasteiger partial charge in [0.15, 0.2) is 0 Å². The van der Waals surface area contributed by atoms with Gasteiger partial charge in [-0.1, -0.05) is 42.5 Å². The molecule has 1 aromatic rings. The molecule has 1 aromatic carbocycles. The maximum atomic E-state index is 5.54. The summed E-state index contributed by atoms with van der Waals surface area (Å²) in [7, 11) is 0. The van der Waals surface area contributed by atoms with Crippen molar-refractivity contribution in [2.24, 2.45) is 0 Å². The van der Waals surface area contributed by atoms with Crippen LogP contribution in [0, 0.1) is 0 Å². The fourth-order valence-corrected chi connectivity index (χ4v) is 1.26. The van der Waals surface area contributed by atoms with Gasteiger partial charge in [0.2, 0.25) is 0 Å². The molecular formula is C14H20ClN. The second-order valence-electron chi connectivity index (χ2n) is 3.16. The topological polar surface area (TPSA) is 12.0 Å². The van der Waals surface area contributed by atoms with E-state index in [2.05, 4.69) is 30.6 Å². The first kappa shape index (κ1) is 14.9. The number of aryl methyl sites for hydroxylation is 1. The molecule has 0 spiro atoms. The summed E-state index contributed by atoms with van der Waals surface area (Å²) in [6.07, 6.45) is 4.62. The Bertz CT molecular complexity index is 261. The lowest BCUT2D eigenvalue weighted by Crippen LogP contribution is -2.11. The molecule has 16 heavy (non-hydrogen) atoms. The van der Waals surface area contributed by atoms with Gasteiger partial charge >= 0.3 is 0 Å². The Kier molecular flexibility index (Phi) is 11.2. The molecule has 0 aliphatic carbocycles. The number of benzene rings is 1. The average molecular weight is 238 g/mol. The number of halogens is 1. The van der Waals surface area contributed by atoms with Crippen molar-refractivity contribution in [3.63, 3.8) is 0 Å². The fraction of sp³-hybridized carbons (Fsp3) is 0.286. The molecule has 0 unspecified atom stereocenters. The Morgan fingerprint density at radius 1 is 1.06 bits per heavy atom. The third-order valence-corrected chi connectivity index (χ3v) is 1.99. The summed E-state index contributed by atoms with van der Waals surface area (Å²) in [6, 6.07) is 10.2. The van der Waals surface area contributed by atoms with Crippen LogP contribution in [0.1, 0.15) is 5.56 Å². The highest BCUT2D eigenvalue weighted by atomic mass is 35.5. The third-order valence-electron chi connectivity index (χ3n) is 1.80. The summed E-state index contributed by atoms with van der Waals surface area (Å²) in [5.41, 5.74) is 1.31. The van der Waals surface area contributed by atoms with Crippen LogP contribution in [0.15, 0.2) is 55.6 Å². The van der Waals surface area contributed by atoms with Crippen LogP contribution < -0.4 is 5.32 Å². The zero-order valence-electron chi connectivity index (χ0n) is 9.66. The minimum absolute atomic E-state index is 0.712. The minimum Gasteiger partial charge on any atom is -0.310 e. The number of hydrogen-bond donors (Lipinski definition) is 1. The maximum absolute atomic E-state index is 5.54. The number of rotatable bonds is 6. The second kappa shape index (κ2) is 12.0.